The van der Waals surface area contributed by atoms with E-state index in [1.165, 1.54) is 6.92 Å². The van der Waals surface area contributed by atoms with E-state index in [0.29, 0.717) is 0 Å². The summed E-state index contributed by atoms with van der Waals surface area (Å²) in [6.45, 7) is 0.635. The van der Waals surface area contributed by atoms with Gasteiger partial charge in [0.15, 0.2) is 12.4 Å². The van der Waals surface area contributed by atoms with Gasteiger partial charge < -0.3 is 35.0 Å². The Balaban J connectivity index is 2.68. The van der Waals surface area contributed by atoms with Gasteiger partial charge in [-0.2, -0.15) is 0 Å². The zero-order valence-corrected chi connectivity index (χ0v) is 9.13. The second-order valence-electron chi connectivity index (χ2n) is 3.81. The van der Waals surface area contributed by atoms with Gasteiger partial charge in [0.25, 0.3) is 0 Å². The predicted octanol–water partition coefficient (Wildman–Crippen LogP) is -2.72. The molecule has 17 heavy (non-hydrogen) atoms. The second kappa shape index (κ2) is 5.71. The maximum absolute atomic E-state index is 10.6. The fraction of sp³-hybridized carbons (Fsp3) is 0.889. The molecule has 0 radical (unpaired) electrons. The highest BCUT2D eigenvalue weighted by Crippen LogP contribution is 2.22. The fourth-order valence-electron chi connectivity index (χ4n) is 1.44. The Morgan fingerprint density at radius 2 is 1.88 bits per heavy atom. The Morgan fingerprint density at radius 3 is 2.35 bits per heavy atom. The molecule has 0 spiro atoms. The van der Waals surface area contributed by atoms with Gasteiger partial charge in [0.2, 0.25) is 0 Å². The number of carboxylic acid groups (broad SMARTS) is 1. The molecule has 0 aromatic rings. The van der Waals surface area contributed by atoms with E-state index in [1.54, 1.807) is 0 Å². The molecule has 3 unspecified atom stereocenters. The molecule has 0 aliphatic carbocycles. The molecule has 0 aromatic heterocycles. The SMILES string of the molecule is C[C@H](O[C@@H]1OC(CO)[C@@H](O)C(O)C1O)C(=O)O. The van der Waals surface area contributed by atoms with Crippen LogP contribution >= 0.6 is 0 Å². The molecule has 1 aliphatic heterocycles. The average molecular weight is 252 g/mol. The van der Waals surface area contributed by atoms with Crippen molar-refractivity contribution in [2.24, 2.45) is 0 Å². The molecule has 100 valence electrons. The minimum Gasteiger partial charge on any atom is -0.479 e. The standard InChI is InChI=1S/C9H16O8/c1-3(8(14)15)16-9-7(13)6(12)5(11)4(2-10)17-9/h3-7,9-13H,2H2,1H3,(H,14,15)/t3-,4?,5+,6?,7?,9+/m0/s1. The van der Waals surface area contributed by atoms with Crippen molar-refractivity contribution in [2.75, 3.05) is 6.61 Å². The van der Waals surface area contributed by atoms with Crippen molar-refractivity contribution in [3.63, 3.8) is 0 Å². The van der Waals surface area contributed by atoms with Crippen LogP contribution < -0.4 is 0 Å². The number of hydrogen-bond acceptors (Lipinski definition) is 7. The molecule has 1 saturated heterocycles. The summed E-state index contributed by atoms with van der Waals surface area (Å²) in [5.41, 5.74) is 0. The summed E-state index contributed by atoms with van der Waals surface area (Å²) in [5.74, 6) is -1.26. The lowest BCUT2D eigenvalue weighted by Crippen LogP contribution is -2.59. The lowest BCUT2D eigenvalue weighted by molar-refractivity contribution is -0.308. The monoisotopic (exact) mass is 252 g/mol. The number of rotatable bonds is 4. The molecule has 6 atom stereocenters. The number of aliphatic hydroxyl groups is 4. The summed E-state index contributed by atoms with van der Waals surface area (Å²) >= 11 is 0. The molecule has 1 rings (SSSR count). The summed E-state index contributed by atoms with van der Waals surface area (Å²) in [4.78, 5) is 10.6. The molecule has 0 aromatic carbocycles. The first kappa shape index (κ1) is 14.3. The maximum atomic E-state index is 10.6. The van der Waals surface area contributed by atoms with Gasteiger partial charge in [-0.05, 0) is 6.92 Å². The van der Waals surface area contributed by atoms with Crippen LogP contribution in [0.5, 0.6) is 0 Å². The second-order valence-corrected chi connectivity index (χ2v) is 3.81. The molecule has 1 aliphatic rings. The third-order valence-corrected chi connectivity index (χ3v) is 2.53. The van der Waals surface area contributed by atoms with Crippen molar-refractivity contribution in [1.82, 2.24) is 0 Å². The zero-order valence-electron chi connectivity index (χ0n) is 9.13. The molecule has 1 fully saturated rings. The van der Waals surface area contributed by atoms with Gasteiger partial charge in [-0.15, -0.1) is 0 Å². The Hall–Kier alpha value is -0.770. The van der Waals surface area contributed by atoms with E-state index in [1.807, 2.05) is 0 Å². The maximum Gasteiger partial charge on any atom is 0.332 e. The Kier molecular flexibility index (Phi) is 4.80. The normalized spacial score (nSPS) is 39.9. The first-order valence-electron chi connectivity index (χ1n) is 5.07. The van der Waals surface area contributed by atoms with Crippen molar-refractivity contribution in [3.05, 3.63) is 0 Å². The van der Waals surface area contributed by atoms with E-state index in [2.05, 4.69) is 0 Å². The van der Waals surface area contributed by atoms with Crippen LogP contribution in [0.3, 0.4) is 0 Å². The minimum absolute atomic E-state index is 0.591. The van der Waals surface area contributed by atoms with Crippen LogP contribution in [0.4, 0.5) is 0 Å². The van der Waals surface area contributed by atoms with Gasteiger partial charge in [0.1, 0.15) is 24.4 Å². The number of hydrogen-bond donors (Lipinski definition) is 5. The van der Waals surface area contributed by atoms with Gasteiger partial charge in [-0.1, -0.05) is 0 Å². The van der Waals surface area contributed by atoms with Gasteiger partial charge >= 0.3 is 5.97 Å². The van der Waals surface area contributed by atoms with E-state index in [0.717, 1.165) is 0 Å². The quantitative estimate of drug-likeness (QED) is 0.364. The Labute approximate surface area is 97.0 Å². The van der Waals surface area contributed by atoms with Crippen LogP contribution in [0.1, 0.15) is 6.92 Å². The smallest absolute Gasteiger partial charge is 0.332 e. The van der Waals surface area contributed by atoms with Crippen molar-refractivity contribution in [3.8, 4) is 0 Å². The molecule has 0 amide bonds. The Morgan fingerprint density at radius 1 is 1.29 bits per heavy atom. The van der Waals surface area contributed by atoms with Crippen molar-refractivity contribution < 1.29 is 39.8 Å². The Bertz CT molecular complexity index is 268. The number of carbonyl (C=O) groups is 1. The summed E-state index contributed by atoms with van der Waals surface area (Å²) in [5, 5.41) is 45.9. The molecule has 0 saturated carbocycles. The topological polar surface area (TPSA) is 137 Å². The highest BCUT2D eigenvalue weighted by Gasteiger charge is 2.44. The van der Waals surface area contributed by atoms with Crippen molar-refractivity contribution in [2.45, 2.75) is 43.7 Å². The van der Waals surface area contributed by atoms with Crippen molar-refractivity contribution in [1.29, 1.82) is 0 Å². The zero-order chi connectivity index (χ0) is 13.2. The first-order valence-corrected chi connectivity index (χ1v) is 5.07. The van der Waals surface area contributed by atoms with Gasteiger partial charge in [0.05, 0.1) is 6.61 Å². The first-order chi connectivity index (χ1) is 7.88. The highest BCUT2D eigenvalue weighted by atomic mass is 16.7. The molecular weight excluding hydrogens is 236 g/mol. The lowest BCUT2D eigenvalue weighted by Gasteiger charge is -2.40. The molecule has 8 heteroatoms. The van der Waals surface area contributed by atoms with Gasteiger partial charge in [-0.25, -0.2) is 4.79 Å². The average Bonchev–Trinajstić information content (AvgIpc) is 2.29. The van der Waals surface area contributed by atoms with E-state index >= 15 is 0 Å². The molecule has 8 nitrogen and oxygen atoms in total. The predicted molar refractivity (Wildman–Crippen MR) is 52.0 cm³/mol. The summed E-state index contributed by atoms with van der Waals surface area (Å²) in [7, 11) is 0. The van der Waals surface area contributed by atoms with Gasteiger partial charge in [-0.3, -0.25) is 0 Å². The fourth-order valence-corrected chi connectivity index (χ4v) is 1.44. The van der Waals surface area contributed by atoms with Crippen LogP contribution in [0, 0.1) is 0 Å². The van der Waals surface area contributed by atoms with E-state index in [-0.39, 0.29) is 0 Å². The van der Waals surface area contributed by atoms with Crippen LogP contribution in [0.2, 0.25) is 0 Å². The van der Waals surface area contributed by atoms with Crippen molar-refractivity contribution >= 4 is 5.97 Å². The lowest BCUT2D eigenvalue weighted by atomic mass is 9.99. The number of aliphatic hydroxyl groups excluding tert-OH is 4. The number of aliphatic carboxylic acids is 1. The largest absolute Gasteiger partial charge is 0.479 e. The molecule has 1 heterocycles. The molecule has 5 N–H and O–H groups in total. The van der Waals surface area contributed by atoms with Crippen LogP contribution in [0.25, 0.3) is 0 Å². The third kappa shape index (κ3) is 3.12. The van der Waals surface area contributed by atoms with Crippen LogP contribution in [0.15, 0.2) is 0 Å². The van der Waals surface area contributed by atoms with Crippen LogP contribution in [-0.4, -0.2) is 74.9 Å². The number of ether oxygens (including phenoxy) is 2. The van der Waals surface area contributed by atoms with E-state index in [9.17, 15) is 20.1 Å². The summed E-state index contributed by atoms with van der Waals surface area (Å²) in [6.07, 6.45) is -8.44. The minimum atomic E-state index is -1.59. The van der Waals surface area contributed by atoms with Crippen LogP contribution in [-0.2, 0) is 14.3 Å². The van der Waals surface area contributed by atoms with E-state index < -0.39 is 49.4 Å². The highest BCUT2D eigenvalue weighted by molar-refractivity contribution is 5.71. The van der Waals surface area contributed by atoms with E-state index in [4.69, 9.17) is 19.7 Å². The summed E-state index contributed by atoms with van der Waals surface area (Å²) < 4.78 is 9.82. The van der Waals surface area contributed by atoms with Gasteiger partial charge in [0, 0.05) is 0 Å². The third-order valence-electron chi connectivity index (χ3n) is 2.53. The number of carboxylic acids is 1. The molecular formula is C9H16O8. The molecule has 0 bridgehead atoms. The summed E-state index contributed by atoms with van der Waals surface area (Å²) in [6, 6.07) is 0.